The molecule has 0 N–H and O–H groups in total. The molecule has 0 nitrogen and oxygen atoms in total. The van der Waals surface area contributed by atoms with E-state index in [1.807, 2.05) is 0 Å². The third kappa shape index (κ3) is 6.27. The van der Waals surface area contributed by atoms with Crippen LogP contribution in [0.4, 0.5) is 0 Å². The Morgan fingerprint density at radius 1 is 0.385 bits per heavy atom. The Morgan fingerprint density at radius 2 is 0.769 bits per heavy atom. The molecule has 0 spiro atoms. The zero-order valence-corrected chi connectivity index (χ0v) is 25.1. The van der Waals surface area contributed by atoms with Crippen LogP contribution in [0.3, 0.4) is 0 Å². The quantitative estimate of drug-likeness (QED) is 0.100. The van der Waals surface area contributed by atoms with Crippen molar-refractivity contribution in [3.8, 4) is 0 Å². The molecule has 2 heteroatoms. The van der Waals surface area contributed by atoms with Gasteiger partial charge in [-0.25, -0.2) is 0 Å². The van der Waals surface area contributed by atoms with E-state index in [0.717, 1.165) is 19.0 Å². The van der Waals surface area contributed by atoms with Crippen LogP contribution in [0.5, 0.6) is 0 Å². The molecule has 0 aliphatic heterocycles. The van der Waals surface area contributed by atoms with E-state index in [1.165, 1.54) is 58.3 Å². The first kappa shape index (κ1) is 27.6. The molecule has 0 aromatic heterocycles. The van der Waals surface area contributed by atoms with E-state index >= 15 is 0 Å². The number of rotatable bonds is 12. The molecule has 0 saturated heterocycles. The van der Waals surface area contributed by atoms with E-state index in [1.54, 1.807) is 0 Å². The van der Waals surface area contributed by atoms with Gasteiger partial charge in [0, 0.05) is 0 Å². The van der Waals surface area contributed by atoms with Gasteiger partial charge < -0.3 is 0 Å². The van der Waals surface area contributed by atoms with Crippen LogP contribution in [-0.4, -0.2) is 6.16 Å². The molecular formula is C37H38BrP. The summed E-state index contributed by atoms with van der Waals surface area (Å²) < 4.78 is 0. The van der Waals surface area contributed by atoms with Gasteiger partial charge >= 0.3 is 225 Å². The third-order valence-corrected chi connectivity index (χ3v) is 17.9. The second kappa shape index (κ2) is 12.9. The monoisotopic (exact) mass is 592 g/mol. The standard InChI is InChI=1S/C37H38BrP/c38-39(35-23-10-3-11-24-35,36-25-12-4-13-26-36,37-27-14-5-15-28-37)30-29-34-22-16-21-33(31-34)20-9-2-8-19-32-17-6-1-7-18-32/h1,3-7,10-18,21-28,31H,2,8-9,19-20,29-30H2. The Morgan fingerprint density at radius 3 is 1.26 bits per heavy atom. The van der Waals surface area contributed by atoms with Crippen molar-refractivity contribution < 1.29 is 0 Å². The van der Waals surface area contributed by atoms with Crippen molar-refractivity contribution in [2.75, 3.05) is 6.16 Å². The molecule has 0 fully saturated rings. The zero-order chi connectivity index (χ0) is 26.8. The van der Waals surface area contributed by atoms with Gasteiger partial charge in [0.05, 0.1) is 0 Å². The maximum absolute atomic E-state index is 4.60. The summed E-state index contributed by atoms with van der Waals surface area (Å²) in [6.45, 7) is 0. The molecule has 39 heavy (non-hydrogen) atoms. The molecular weight excluding hydrogens is 555 g/mol. The molecule has 5 aromatic carbocycles. The third-order valence-electron chi connectivity index (χ3n) is 7.97. The fourth-order valence-corrected chi connectivity index (χ4v) is 13.2. The Bertz CT molecular complexity index is 1330. The number of halogens is 1. The van der Waals surface area contributed by atoms with Gasteiger partial charge in [0.25, 0.3) is 0 Å². The van der Waals surface area contributed by atoms with Crippen LogP contribution in [0.2, 0.25) is 0 Å². The molecule has 0 amide bonds. The van der Waals surface area contributed by atoms with Gasteiger partial charge in [-0.2, -0.15) is 0 Å². The van der Waals surface area contributed by atoms with Crippen LogP contribution in [-0.2, 0) is 19.3 Å². The summed E-state index contributed by atoms with van der Waals surface area (Å²) in [5, 5.41) is 1.26. The molecule has 0 aliphatic carbocycles. The average Bonchev–Trinajstić information content (AvgIpc) is 3.02. The summed E-state index contributed by atoms with van der Waals surface area (Å²) in [6.07, 6.45) is 8.15. The second-order valence-corrected chi connectivity index (χ2v) is 19.6. The fraction of sp³-hybridized carbons (Fsp3) is 0.189. The van der Waals surface area contributed by atoms with Gasteiger partial charge in [-0.15, -0.1) is 0 Å². The van der Waals surface area contributed by atoms with Crippen molar-refractivity contribution in [1.82, 2.24) is 0 Å². The summed E-state index contributed by atoms with van der Waals surface area (Å²) in [6, 6.07) is 53.6. The van der Waals surface area contributed by atoms with Gasteiger partial charge in [0.1, 0.15) is 0 Å². The van der Waals surface area contributed by atoms with E-state index in [4.69, 9.17) is 0 Å². The first-order valence-electron chi connectivity index (χ1n) is 14.2. The van der Waals surface area contributed by atoms with Crippen LogP contribution >= 0.6 is 20.8 Å². The molecule has 0 aliphatic rings. The average molecular weight is 594 g/mol. The molecule has 0 heterocycles. The summed E-state index contributed by atoms with van der Waals surface area (Å²) >= 11 is 4.60. The summed E-state index contributed by atoms with van der Waals surface area (Å²) in [7, 11) is 0. The molecule has 198 valence electrons. The number of hydrogen-bond acceptors (Lipinski definition) is 0. The predicted octanol–water partition coefficient (Wildman–Crippen LogP) is 9.02. The summed E-state index contributed by atoms with van der Waals surface area (Å²) in [5.41, 5.74) is 4.33. The fourth-order valence-electron chi connectivity index (χ4n) is 5.81. The summed E-state index contributed by atoms with van der Waals surface area (Å²) in [5.74, 6) is 0. The first-order valence-corrected chi connectivity index (χ1v) is 18.6. The molecule has 0 atom stereocenters. The van der Waals surface area contributed by atoms with Crippen LogP contribution in [0.15, 0.2) is 146 Å². The number of hydrogen-bond donors (Lipinski definition) is 0. The van der Waals surface area contributed by atoms with Gasteiger partial charge in [0.2, 0.25) is 0 Å². The van der Waals surface area contributed by atoms with Crippen molar-refractivity contribution in [2.45, 2.75) is 38.5 Å². The number of benzene rings is 5. The zero-order valence-electron chi connectivity index (χ0n) is 22.6. The normalized spacial score (nSPS) is 12.5. The maximum atomic E-state index is 4.60. The van der Waals surface area contributed by atoms with Gasteiger partial charge in [-0.05, 0) is 0 Å². The molecule has 5 aromatic rings. The second-order valence-electron chi connectivity index (χ2n) is 10.5. The minimum absolute atomic E-state index is 1.02. The number of unbranched alkanes of at least 4 members (excludes halogenated alkanes) is 2. The van der Waals surface area contributed by atoms with Crippen LogP contribution < -0.4 is 15.9 Å². The Labute approximate surface area is 242 Å². The van der Waals surface area contributed by atoms with E-state index in [2.05, 4.69) is 161 Å². The van der Waals surface area contributed by atoms with Crippen LogP contribution in [0.1, 0.15) is 36.0 Å². The Kier molecular flexibility index (Phi) is 9.13. The van der Waals surface area contributed by atoms with Crippen molar-refractivity contribution >= 4 is 36.7 Å². The van der Waals surface area contributed by atoms with Crippen LogP contribution in [0, 0.1) is 0 Å². The van der Waals surface area contributed by atoms with Crippen molar-refractivity contribution in [2.24, 2.45) is 0 Å². The van der Waals surface area contributed by atoms with Crippen molar-refractivity contribution in [1.29, 1.82) is 0 Å². The van der Waals surface area contributed by atoms with E-state index in [0.29, 0.717) is 0 Å². The van der Waals surface area contributed by atoms with E-state index in [-0.39, 0.29) is 0 Å². The molecule has 0 radical (unpaired) electrons. The van der Waals surface area contributed by atoms with Crippen LogP contribution in [0.25, 0.3) is 0 Å². The van der Waals surface area contributed by atoms with Crippen molar-refractivity contribution in [3.05, 3.63) is 162 Å². The molecule has 0 bridgehead atoms. The predicted molar refractivity (Wildman–Crippen MR) is 177 cm³/mol. The van der Waals surface area contributed by atoms with Gasteiger partial charge in [-0.3, -0.25) is 0 Å². The minimum atomic E-state index is -2.90. The first-order chi connectivity index (χ1) is 19.2. The van der Waals surface area contributed by atoms with Gasteiger partial charge in [0.15, 0.2) is 0 Å². The topological polar surface area (TPSA) is 0 Å². The van der Waals surface area contributed by atoms with Crippen molar-refractivity contribution in [3.63, 3.8) is 0 Å². The molecule has 0 unspecified atom stereocenters. The Hall–Kier alpha value is -2.99. The molecule has 5 rings (SSSR count). The van der Waals surface area contributed by atoms with Gasteiger partial charge in [-0.1, -0.05) is 18.2 Å². The summed E-state index contributed by atoms with van der Waals surface area (Å²) in [4.78, 5) is 0. The van der Waals surface area contributed by atoms with E-state index < -0.39 is 5.31 Å². The Balaban J connectivity index is 1.37. The van der Waals surface area contributed by atoms with E-state index in [9.17, 15) is 0 Å². The SMILES string of the molecule is BrP(CCc1cccc(CCCCCc2ccccc2)c1)(c1ccccc1)(c1ccccc1)c1ccccc1. The number of aryl methyl sites for hydroxylation is 3. The molecule has 0 saturated carbocycles.